The maximum atomic E-state index is 9.60. The number of nitrogens with one attached hydrogen (secondary N) is 1. The summed E-state index contributed by atoms with van der Waals surface area (Å²) >= 11 is 0. The molecule has 0 aromatic rings. The summed E-state index contributed by atoms with van der Waals surface area (Å²) in [6, 6.07) is 0. The SMILES string of the molecule is C=CNCN(O)CC1(CCC)OCCO1. The van der Waals surface area contributed by atoms with Crippen LogP contribution in [0.2, 0.25) is 0 Å². The van der Waals surface area contributed by atoms with Crippen molar-refractivity contribution in [1.29, 1.82) is 0 Å². The summed E-state index contributed by atoms with van der Waals surface area (Å²) < 4.78 is 11.1. The Labute approximate surface area is 90.6 Å². The van der Waals surface area contributed by atoms with Gasteiger partial charge in [0.15, 0.2) is 5.79 Å². The highest BCUT2D eigenvalue weighted by Crippen LogP contribution is 2.25. The van der Waals surface area contributed by atoms with E-state index in [1.807, 2.05) is 0 Å². The Hall–Kier alpha value is -0.620. The second-order valence-corrected chi connectivity index (χ2v) is 3.59. The average molecular weight is 216 g/mol. The number of nitrogens with zero attached hydrogens (tertiary/aromatic N) is 1. The molecule has 0 aromatic carbocycles. The molecule has 0 aromatic heterocycles. The van der Waals surface area contributed by atoms with Crippen molar-refractivity contribution in [1.82, 2.24) is 10.4 Å². The van der Waals surface area contributed by atoms with Crippen LogP contribution in [0.4, 0.5) is 0 Å². The van der Waals surface area contributed by atoms with Gasteiger partial charge in [-0.2, -0.15) is 5.06 Å². The van der Waals surface area contributed by atoms with Gasteiger partial charge >= 0.3 is 0 Å². The third-order valence-electron chi connectivity index (χ3n) is 2.29. The van der Waals surface area contributed by atoms with Gasteiger partial charge in [-0.25, -0.2) is 0 Å². The van der Waals surface area contributed by atoms with Crippen LogP contribution in [0.1, 0.15) is 19.8 Å². The van der Waals surface area contributed by atoms with E-state index in [-0.39, 0.29) is 0 Å². The molecular weight excluding hydrogens is 196 g/mol. The average Bonchev–Trinajstić information content (AvgIpc) is 2.64. The predicted molar refractivity (Wildman–Crippen MR) is 56.2 cm³/mol. The first-order chi connectivity index (χ1) is 7.22. The van der Waals surface area contributed by atoms with Gasteiger partial charge in [0.05, 0.1) is 26.4 Å². The maximum absolute atomic E-state index is 9.60. The van der Waals surface area contributed by atoms with Crippen LogP contribution < -0.4 is 5.32 Å². The van der Waals surface area contributed by atoms with Crippen LogP contribution >= 0.6 is 0 Å². The lowest BCUT2D eigenvalue weighted by Crippen LogP contribution is -2.45. The topological polar surface area (TPSA) is 54.0 Å². The predicted octanol–water partition coefficient (Wildman–Crippen LogP) is 0.911. The molecular formula is C10H20N2O3. The molecule has 0 amide bonds. The second kappa shape index (κ2) is 6.07. The van der Waals surface area contributed by atoms with Gasteiger partial charge in [0.25, 0.3) is 0 Å². The lowest BCUT2D eigenvalue weighted by molar-refractivity contribution is -0.224. The summed E-state index contributed by atoms with van der Waals surface area (Å²) in [6.45, 7) is 7.44. The Morgan fingerprint density at radius 1 is 1.53 bits per heavy atom. The molecule has 0 unspecified atom stereocenters. The Balaban J connectivity index is 2.39. The summed E-state index contributed by atoms with van der Waals surface area (Å²) in [4.78, 5) is 0. The summed E-state index contributed by atoms with van der Waals surface area (Å²) in [6.07, 6.45) is 3.28. The van der Waals surface area contributed by atoms with Gasteiger partial charge in [0, 0.05) is 6.42 Å². The molecule has 88 valence electrons. The van der Waals surface area contributed by atoms with Crippen LogP contribution in [0.5, 0.6) is 0 Å². The van der Waals surface area contributed by atoms with Crippen LogP contribution in [0.15, 0.2) is 12.8 Å². The lowest BCUT2D eigenvalue weighted by Gasteiger charge is -2.30. The fraction of sp³-hybridized carbons (Fsp3) is 0.800. The van der Waals surface area contributed by atoms with E-state index in [0.717, 1.165) is 17.9 Å². The molecule has 1 heterocycles. The van der Waals surface area contributed by atoms with Crippen molar-refractivity contribution in [2.24, 2.45) is 0 Å². The molecule has 1 aliphatic heterocycles. The number of rotatable bonds is 7. The first-order valence-corrected chi connectivity index (χ1v) is 5.28. The summed E-state index contributed by atoms with van der Waals surface area (Å²) in [7, 11) is 0. The first kappa shape index (κ1) is 12.4. The number of ether oxygens (including phenoxy) is 2. The quantitative estimate of drug-likeness (QED) is 0.489. The summed E-state index contributed by atoms with van der Waals surface area (Å²) in [5.41, 5.74) is 0. The van der Waals surface area contributed by atoms with Gasteiger partial charge in [0.1, 0.15) is 0 Å². The minimum Gasteiger partial charge on any atom is -0.377 e. The lowest BCUT2D eigenvalue weighted by atomic mass is 10.1. The Morgan fingerprint density at radius 3 is 2.73 bits per heavy atom. The van der Waals surface area contributed by atoms with E-state index in [1.54, 1.807) is 0 Å². The van der Waals surface area contributed by atoms with Crippen molar-refractivity contribution >= 4 is 0 Å². The minimum absolute atomic E-state index is 0.321. The Bertz CT molecular complexity index is 193. The van der Waals surface area contributed by atoms with Gasteiger partial charge < -0.3 is 20.0 Å². The van der Waals surface area contributed by atoms with Gasteiger partial charge in [-0.3, -0.25) is 0 Å². The number of hydrogen-bond donors (Lipinski definition) is 2. The maximum Gasteiger partial charge on any atom is 0.183 e. The molecule has 0 aliphatic carbocycles. The smallest absolute Gasteiger partial charge is 0.183 e. The van der Waals surface area contributed by atoms with Crippen molar-refractivity contribution in [3.05, 3.63) is 12.8 Å². The van der Waals surface area contributed by atoms with Crippen LogP contribution in [-0.2, 0) is 9.47 Å². The van der Waals surface area contributed by atoms with Crippen LogP contribution in [0, 0.1) is 0 Å². The largest absolute Gasteiger partial charge is 0.377 e. The van der Waals surface area contributed by atoms with Crippen molar-refractivity contribution in [2.75, 3.05) is 26.4 Å². The Kier molecular flexibility index (Phi) is 5.04. The minimum atomic E-state index is -0.633. The zero-order chi connectivity index (χ0) is 11.1. The monoisotopic (exact) mass is 216 g/mol. The van der Waals surface area contributed by atoms with Gasteiger partial charge in [-0.05, 0) is 6.20 Å². The normalized spacial score (nSPS) is 19.4. The van der Waals surface area contributed by atoms with Gasteiger partial charge in [0.2, 0.25) is 0 Å². The van der Waals surface area contributed by atoms with E-state index < -0.39 is 5.79 Å². The van der Waals surface area contributed by atoms with Crippen LogP contribution in [0.25, 0.3) is 0 Å². The molecule has 1 aliphatic rings. The summed E-state index contributed by atoms with van der Waals surface area (Å²) in [5, 5.41) is 13.5. The second-order valence-electron chi connectivity index (χ2n) is 3.59. The molecule has 1 fully saturated rings. The molecule has 1 saturated heterocycles. The highest BCUT2D eigenvalue weighted by Gasteiger charge is 2.37. The molecule has 0 bridgehead atoms. The fourth-order valence-corrected chi connectivity index (χ4v) is 1.70. The van der Waals surface area contributed by atoms with E-state index in [2.05, 4.69) is 18.8 Å². The molecule has 0 radical (unpaired) electrons. The third-order valence-corrected chi connectivity index (χ3v) is 2.29. The van der Waals surface area contributed by atoms with Crippen LogP contribution in [-0.4, -0.2) is 42.5 Å². The summed E-state index contributed by atoms with van der Waals surface area (Å²) in [5.74, 6) is -0.633. The zero-order valence-corrected chi connectivity index (χ0v) is 9.24. The van der Waals surface area contributed by atoms with Crippen molar-refractivity contribution in [2.45, 2.75) is 25.6 Å². The molecule has 0 spiro atoms. The fourth-order valence-electron chi connectivity index (χ4n) is 1.70. The zero-order valence-electron chi connectivity index (χ0n) is 9.24. The van der Waals surface area contributed by atoms with Crippen molar-refractivity contribution in [3.8, 4) is 0 Å². The van der Waals surface area contributed by atoms with E-state index in [9.17, 15) is 5.21 Å². The number of hydroxylamine groups is 2. The van der Waals surface area contributed by atoms with Crippen LogP contribution in [0.3, 0.4) is 0 Å². The molecule has 15 heavy (non-hydrogen) atoms. The third kappa shape index (κ3) is 3.79. The van der Waals surface area contributed by atoms with E-state index >= 15 is 0 Å². The Morgan fingerprint density at radius 2 is 2.20 bits per heavy atom. The van der Waals surface area contributed by atoms with Crippen molar-refractivity contribution < 1.29 is 14.7 Å². The molecule has 0 atom stereocenters. The molecule has 2 N–H and O–H groups in total. The molecule has 5 heteroatoms. The van der Waals surface area contributed by atoms with E-state index in [0.29, 0.717) is 26.4 Å². The number of hydrogen-bond acceptors (Lipinski definition) is 5. The highest BCUT2D eigenvalue weighted by molar-refractivity contribution is 4.76. The molecule has 1 rings (SSSR count). The standard InChI is InChI=1S/C10H20N2O3/c1-3-5-10(14-6-7-15-10)8-12(13)9-11-4-2/h4,11,13H,2-3,5-9H2,1H3. The van der Waals surface area contributed by atoms with Crippen molar-refractivity contribution in [3.63, 3.8) is 0 Å². The van der Waals surface area contributed by atoms with E-state index in [1.165, 1.54) is 6.20 Å². The first-order valence-electron chi connectivity index (χ1n) is 5.28. The molecule has 0 saturated carbocycles. The van der Waals surface area contributed by atoms with E-state index in [4.69, 9.17) is 9.47 Å². The van der Waals surface area contributed by atoms with Gasteiger partial charge in [-0.15, -0.1) is 0 Å². The highest BCUT2D eigenvalue weighted by atomic mass is 16.7. The van der Waals surface area contributed by atoms with Gasteiger partial charge in [-0.1, -0.05) is 19.9 Å². The molecule has 5 nitrogen and oxygen atoms in total.